The fraction of sp³-hybridized carbons (Fsp3) is 0.143. The summed E-state index contributed by atoms with van der Waals surface area (Å²) >= 11 is 4.89. The second-order valence-corrected chi connectivity index (χ2v) is 2.88. The van der Waals surface area contributed by atoms with Gasteiger partial charge in [-0.3, -0.25) is 0 Å². The standard InChI is InChI=1S/C7H7N5S/c1-12-6(9-4-10-12)5-2-3-8-7(13)11-5/h2-4H,1H3,(H,8,11,13). The van der Waals surface area contributed by atoms with Gasteiger partial charge in [0.05, 0.1) is 5.69 Å². The Morgan fingerprint density at radius 1 is 1.46 bits per heavy atom. The SMILES string of the molecule is Cn1ncnc1-c1ccnc(=S)[nH]1. The Morgan fingerprint density at radius 3 is 2.92 bits per heavy atom. The highest BCUT2D eigenvalue weighted by Gasteiger charge is 2.03. The fourth-order valence-electron chi connectivity index (χ4n) is 1.04. The van der Waals surface area contributed by atoms with Gasteiger partial charge in [-0.1, -0.05) is 0 Å². The molecule has 0 atom stereocenters. The number of aromatic amines is 1. The van der Waals surface area contributed by atoms with E-state index in [9.17, 15) is 0 Å². The molecule has 13 heavy (non-hydrogen) atoms. The average molecular weight is 193 g/mol. The maximum atomic E-state index is 4.89. The number of nitrogens with one attached hydrogen (secondary N) is 1. The number of aromatic nitrogens is 5. The molecule has 2 aromatic heterocycles. The topological polar surface area (TPSA) is 59.4 Å². The molecule has 0 aromatic carbocycles. The largest absolute Gasteiger partial charge is 0.328 e. The predicted molar refractivity (Wildman–Crippen MR) is 49.4 cm³/mol. The van der Waals surface area contributed by atoms with Gasteiger partial charge in [-0.25, -0.2) is 14.6 Å². The molecule has 66 valence electrons. The lowest BCUT2D eigenvalue weighted by atomic mass is 10.4. The maximum absolute atomic E-state index is 4.89. The first kappa shape index (κ1) is 8.06. The highest BCUT2D eigenvalue weighted by atomic mass is 32.1. The highest BCUT2D eigenvalue weighted by Crippen LogP contribution is 2.09. The van der Waals surface area contributed by atoms with Gasteiger partial charge in [0.25, 0.3) is 0 Å². The summed E-state index contributed by atoms with van der Waals surface area (Å²) in [5.74, 6) is 0.744. The molecule has 0 aliphatic rings. The Hall–Kier alpha value is -1.56. The van der Waals surface area contributed by atoms with Gasteiger partial charge >= 0.3 is 0 Å². The third-order valence-corrected chi connectivity index (χ3v) is 1.83. The van der Waals surface area contributed by atoms with E-state index in [0.29, 0.717) is 4.77 Å². The summed E-state index contributed by atoms with van der Waals surface area (Å²) in [6, 6.07) is 1.81. The van der Waals surface area contributed by atoms with Crippen LogP contribution in [0.1, 0.15) is 0 Å². The molecule has 0 radical (unpaired) electrons. The molecule has 0 fully saturated rings. The normalized spacial score (nSPS) is 10.2. The summed E-state index contributed by atoms with van der Waals surface area (Å²) < 4.78 is 2.11. The molecule has 2 aromatic rings. The molecular formula is C7H7N5S. The minimum atomic E-state index is 0.445. The first-order valence-corrected chi connectivity index (χ1v) is 4.08. The Kier molecular flexibility index (Phi) is 1.90. The van der Waals surface area contributed by atoms with Crippen molar-refractivity contribution in [1.82, 2.24) is 24.7 Å². The van der Waals surface area contributed by atoms with Gasteiger partial charge < -0.3 is 4.98 Å². The van der Waals surface area contributed by atoms with Crippen molar-refractivity contribution in [1.29, 1.82) is 0 Å². The Balaban J connectivity index is 2.59. The first-order chi connectivity index (χ1) is 6.27. The predicted octanol–water partition coefficient (Wildman–Crippen LogP) is 0.935. The summed E-state index contributed by atoms with van der Waals surface area (Å²) in [6.45, 7) is 0. The van der Waals surface area contributed by atoms with Crippen molar-refractivity contribution in [2.45, 2.75) is 0 Å². The molecule has 0 amide bonds. The highest BCUT2D eigenvalue weighted by molar-refractivity contribution is 7.71. The lowest BCUT2D eigenvalue weighted by Crippen LogP contribution is -1.96. The van der Waals surface area contributed by atoms with Crippen molar-refractivity contribution in [3.05, 3.63) is 23.4 Å². The van der Waals surface area contributed by atoms with E-state index in [1.54, 1.807) is 16.9 Å². The summed E-state index contributed by atoms with van der Waals surface area (Å²) in [7, 11) is 1.82. The Bertz CT molecular complexity index is 471. The van der Waals surface area contributed by atoms with Crippen LogP contribution < -0.4 is 0 Å². The summed E-state index contributed by atoms with van der Waals surface area (Å²) in [5.41, 5.74) is 0.819. The second kappa shape index (κ2) is 3.06. The second-order valence-electron chi connectivity index (χ2n) is 2.50. The zero-order valence-electron chi connectivity index (χ0n) is 6.93. The van der Waals surface area contributed by atoms with Gasteiger partial charge in [-0.15, -0.1) is 0 Å². The first-order valence-electron chi connectivity index (χ1n) is 3.67. The van der Waals surface area contributed by atoms with Crippen LogP contribution in [0, 0.1) is 4.77 Å². The molecule has 0 aliphatic carbocycles. The third-order valence-electron chi connectivity index (χ3n) is 1.63. The van der Waals surface area contributed by atoms with Crippen LogP contribution in [0.25, 0.3) is 11.5 Å². The van der Waals surface area contributed by atoms with E-state index < -0.39 is 0 Å². The molecule has 0 saturated heterocycles. The molecule has 0 spiro atoms. The molecule has 5 nitrogen and oxygen atoms in total. The summed E-state index contributed by atoms with van der Waals surface area (Å²) in [6.07, 6.45) is 3.13. The van der Waals surface area contributed by atoms with E-state index in [4.69, 9.17) is 12.2 Å². The van der Waals surface area contributed by atoms with Crippen LogP contribution in [0.3, 0.4) is 0 Å². The van der Waals surface area contributed by atoms with Crippen LogP contribution in [0.5, 0.6) is 0 Å². The Labute approximate surface area is 79.5 Å². The van der Waals surface area contributed by atoms with Crippen LogP contribution in [0.2, 0.25) is 0 Å². The number of nitrogens with zero attached hydrogens (tertiary/aromatic N) is 4. The van der Waals surface area contributed by atoms with Crippen molar-refractivity contribution in [3.8, 4) is 11.5 Å². The molecule has 0 saturated carbocycles. The fourth-order valence-corrected chi connectivity index (χ4v) is 1.21. The van der Waals surface area contributed by atoms with E-state index >= 15 is 0 Å². The Morgan fingerprint density at radius 2 is 2.31 bits per heavy atom. The lowest BCUT2D eigenvalue weighted by molar-refractivity contribution is 0.771. The number of H-pyrrole nitrogens is 1. The quantitative estimate of drug-likeness (QED) is 0.684. The monoisotopic (exact) mass is 193 g/mol. The molecule has 2 rings (SSSR count). The molecule has 0 unspecified atom stereocenters. The van der Waals surface area contributed by atoms with E-state index in [1.807, 2.05) is 7.05 Å². The number of aryl methyl sites for hydroxylation is 1. The minimum absolute atomic E-state index is 0.445. The van der Waals surface area contributed by atoms with E-state index in [2.05, 4.69) is 20.1 Å². The van der Waals surface area contributed by atoms with Crippen LogP contribution in [0.15, 0.2) is 18.6 Å². The van der Waals surface area contributed by atoms with Gasteiger partial charge in [0.15, 0.2) is 10.6 Å². The van der Waals surface area contributed by atoms with Crippen molar-refractivity contribution < 1.29 is 0 Å². The van der Waals surface area contributed by atoms with E-state index in [1.165, 1.54) is 6.33 Å². The van der Waals surface area contributed by atoms with Crippen LogP contribution >= 0.6 is 12.2 Å². The van der Waals surface area contributed by atoms with Gasteiger partial charge in [0, 0.05) is 13.2 Å². The van der Waals surface area contributed by atoms with Gasteiger partial charge in [0.1, 0.15) is 6.33 Å². The molecule has 2 heterocycles. The summed E-state index contributed by atoms with van der Waals surface area (Å²) in [5, 5.41) is 3.95. The zero-order valence-corrected chi connectivity index (χ0v) is 7.75. The number of hydrogen-bond acceptors (Lipinski definition) is 4. The number of hydrogen-bond donors (Lipinski definition) is 1. The lowest BCUT2D eigenvalue weighted by Gasteiger charge is -1.98. The van der Waals surface area contributed by atoms with E-state index in [-0.39, 0.29) is 0 Å². The number of rotatable bonds is 1. The average Bonchev–Trinajstić information content (AvgIpc) is 2.51. The maximum Gasteiger partial charge on any atom is 0.197 e. The summed E-state index contributed by atoms with van der Waals surface area (Å²) in [4.78, 5) is 10.9. The molecular weight excluding hydrogens is 186 g/mol. The van der Waals surface area contributed by atoms with Gasteiger partial charge in [-0.05, 0) is 18.3 Å². The van der Waals surface area contributed by atoms with Crippen molar-refractivity contribution in [2.24, 2.45) is 7.05 Å². The van der Waals surface area contributed by atoms with Crippen LogP contribution in [-0.4, -0.2) is 24.7 Å². The van der Waals surface area contributed by atoms with Gasteiger partial charge in [-0.2, -0.15) is 5.10 Å². The zero-order chi connectivity index (χ0) is 9.26. The van der Waals surface area contributed by atoms with Crippen molar-refractivity contribution in [3.63, 3.8) is 0 Å². The molecule has 0 aliphatic heterocycles. The van der Waals surface area contributed by atoms with Crippen LogP contribution in [0.4, 0.5) is 0 Å². The van der Waals surface area contributed by atoms with Crippen molar-refractivity contribution in [2.75, 3.05) is 0 Å². The molecule has 1 N–H and O–H groups in total. The van der Waals surface area contributed by atoms with E-state index in [0.717, 1.165) is 11.5 Å². The minimum Gasteiger partial charge on any atom is -0.328 e. The molecule has 0 bridgehead atoms. The van der Waals surface area contributed by atoms with Gasteiger partial charge in [0.2, 0.25) is 0 Å². The smallest absolute Gasteiger partial charge is 0.197 e. The molecule has 6 heteroatoms. The van der Waals surface area contributed by atoms with Crippen LogP contribution in [-0.2, 0) is 7.05 Å². The third kappa shape index (κ3) is 1.48. The van der Waals surface area contributed by atoms with Crippen molar-refractivity contribution >= 4 is 12.2 Å².